The Hall–Kier alpha value is -10.0. The summed E-state index contributed by atoms with van der Waals surface area (Å²) >= 11 is 0. The number of aryl methyl sites for hydroxylation is 2. The molecule has 580 valence electrons. The summed E-state index contributed by atoms with van der Waals surface area (Å²) in [6.07, 6.45) is 14.8. The molecule has 0 aliphatic carbocycles. The highest BCUT2D eigenvalue weighted by Gasteiger charge is 2.37. The molecular weight excluding hydrogens is 1380 g/mol. The number of likely N-dealkylation sites (tertiary alicyclic amines) is 1. The largest absolute Gasteiger partial charge is 0.444 e. The second kappa shape index (κ2) is 46.0. The van der Waals surface area contributed by atoms with Gasteiger partial charge in [-0.2, -0.15) is 13.5 Å². The van der Waals surface area contributed by atoms with Crippen molar-refractivity contribution in [2.45, 2.75) is 205 Å². The Kier molecular flexibility index (Phi) is 37.6. The van der Waals surface area contributed by atoms with Gasteiger partial charge in [0.05, 0.1) is 24.9 Å². The van der Waals surface area contributed by atoms with Crippen molar-refractivity contribution in [3.63, 3.8) is 0 Å². The van der Waals surface area contributed by atoms with Crippen molar-refractivity contribution in [1.82, 2.24) is 57.3 Å². The molecule has 1 aromatic heterocycles. The first-order valence-electron chi connectivity index (χ1n) is 36.6. The summed E-state index contributed by atoms with van der Waals surface area (Å²) in [6.45, 7) is 11.2. The van der Waals surface area contributed by atoms with Crippen molar-refractivity contribution in [3.8, 4) is 0 Å². The maximum absolute atomic E-state index is 14.3. The standard InChI is InChI=1S/C75H110N16O14S/c1-52(2)47-61(71(99)85-58-37-33-55(34-38-58)27-14-11-9-7-8-10-12-17-32-65(93)78-43-44-79-68(96)57-36-40-64(82-48-57)89-84-49-56-28-18-19-31-63(56)106(102,103)104)88-70(98)60(39-35-54-25-15-13-16-26-54)86-66(94)50-83-69(97)59(29-20-21-41-80-73(76)77)87-72(100)62-30-24-46-91(62)67(95)51-90(53(3)92)45-23-22-42-81-74(101)105-75(4,5)6/h13,15-16,18-19,25-26,28,31,33-34,36-38,40,48-49,52,59-62H,7-12,14,17,20-24,27,29-30,32,35,39,41-47,50-51H2,1-6H3,(H,78,93)(H,79,96)(H,81,101)(H,82,89)(H,83,97)(H,85,99)(H,86,94)(H,87,100)(H,88,98)(H4,76,77,80)(H,102,103,104)/b84-49+/t59-,60-,61-,62-/m0/s1. The molecule has 3 aromatic carbocycles. The van der Waals surface area contributed by atoms with Gasteiger partial charge < -0.3 is 68.1 Å². The monoisotopic (exact) mass is 1490 g/mol. The number of unbranched alkanes of at least 4 members (excludes halogenated alkanes) is 9. The van der Waals surface area contributed by atoms with E-state index < -0.39 is 88.0 Å². The molecule has 31 heteroatoms. The predicted octanol–water partition coefficient (Wildman–Crippen LogP) is 6.36. The topological polar surface area (TPSA) is 436 Å². The third kappa shape index (κ3) is 34.3. The Balaban J connectivity index is 1.02. The predicted molar refractivity (Wildman–Crippen MR) is 405 cm³/mol. The molecule has 10 amide bonds. The number of aromatic nitrogens is 1. The number of hydrogen-bond acceptors (Lipinski definition) is 17. The summed E-state index contributed by atoms with van der Waals surface area (Å²) in [5, 5.41) is 36.5. The molecule has 0 unspecified atom stereocenters. The maximum Gasteiger partial charge on any atom is 0.407 e. The maximum atomic E-state index is 14.3. The third-order valence-corrected chi connectivity index (χ3v) is 18.1. The highest BCUT2D eigenvalue weighted by atomic mass is 32.2. The fourth-order valence-corrected chi connectivity index (χ4v) is 12.3. The number of carbonyl (C=O) groups excluding carboxylic acids is 10. The number of anilines is 2. The van der Waals surface area contributed by atoms with Crippen LogP contribution in [-0.4, -0.2) is 181 Å². The van der Waals surface area contributed by atoms with E-state index in [1.54, 1.807) is 26.8 Å². The number of hydrazone groups is 1. The van der Waals surface area contributed by atoms with Crippen molar-refractivity contribution in [1.29, 1.82) is 5.41 Å². The van der Waals surface area contributed by atoms with Crippen LogP contribution in [0.3, 0.4) is 0 Å². The van der Waals surface area contributed by atoms with Gasteiger partial charge in [-0.1, -0.05) is 113 Å². The first kappa shape index (κ1) is 86.6. The Bertz CT molecular complexity index is 3650. The lowest BCUT2D eigenvalue weighted by molar-refractivity contribution is -0.143. The normalized spacial score (nSPS) is 13.7. The summed E-state index contributed by atoms with van der Waals surface area (Å²) in [5.74, 6) is -4.20. The van der Waals surface area contributed by atoms with Gasteiger partial charge in [0.1, 0.15) is 40.5 Å². The van der Waals surface area contributed by atoms with Crippen LogP contribution in [0.1, 0.15) is 184 Å². The Morgan fingerprint density at radius 3 is 2.01 bits per heavy atom. The molecule has 1 aliphatic heterocycles. The second-order valence-electron chi connectivity index (χ2n) is 27.7. The number of pyridine rings is 1. The SMILES string of the molecule is CC(=O)N(CCCCNC(=O)OC(C)(C)C)CC(=O)N1CCC[C@H]1C(=O)N[C@@H](CCCCNC(=N)N)C(=O)NCC(=O)N[C@@H](CCc1ccccc1)C(=O)N[C@@H](CC(C)C)C(=O)Nc1ccc(CCCCCCCCCCC(=O)NCCNC(=O)c2ccc(N/N=C/c3ccccc3S(=O)(=O)O)nc2)cc1. The third-order valence-electron chi connectivity index (χ3n) is 17.2. The molecule has 14 N–H and O–H groups in total. The van der Waals surface area contributed by atoms with Crippen LogP contribution >= 0.6 is 0 Å². The molecule has 5 rings (SSSR count). The molecule has 2 heterocycles. The van der Waals surface area contributed by atoms with Gasteiger partial charge in [-0.3, -0.25) is 58.5 Å². The van der Waals surface area contributed by atoms with E-state index in [1.807, 2.05) is 68.4 Å². The van der Waals surface area contributed by atoms with E-state index in [2.05, 4.69) is 63.4 Å². The van der Waals surface area contributed by atoms with Gasteiger partial charge in [-0.05, 0) is 152 Å². The van der Waals surface area contributed by atoms with E-state index in [1.165, 1.54) is 59.5 Å². The van der Waals surface area contributed by atoms with Crippen molar-refractivity contribution in [2.75, 3.05) is 63.1 Å². The van der Waals surface area contributed by atoms with E-state index in [-0.39, 0.29) is 92.0 Å². The summed E-state index contributed by atoms with van der Waals surface area (Å²) in [7, 11) is -4.43. The van der Waals surface area contributed by atoms with Crippen molar-refractivity contribution >= 4 is 93.1 Å². The van der Waals surface area contributed by atoms with E-state index in [0.29, 0.717) is 81.5 Å². The molecule has 1 saturated heterocycles. The fraction of sp³-hybridized carbons (Fsp3) is 0.533. The highest BCUT2D eigenvalue weighted by Crippen LogP contribution is 2.21. The van der Waals surface area contributed by atoms with Gasteiger partial charge in [0.25, 0.3) is 16.0 Å². The molecule has 0 spiro atoms. The zero-order chi connectivity index (χ0) is 77.4. The molecule has 0 bridgehead atoms. The van der Waals surface area contributed by atoms with Crippen molar-refractivity contribution in [2.24, 2.45) is 16.8 Å². The molecule has 0 saturated carbocycles. The number of alkyl carbamates (subject to hydrolysis) is 1. The average Bonchev–Trinajstić information content (AvgIpc) is 0.890. The Morgan fingerprint density at radius 2 is 1.34 bits per heavy atom. The molecule has 1 aliphatic rings. The minimum atomic E-state index is -4.43. The van der Waals surface area contributed by atoms with Crippen LogP contribution in [0.2, 0.25) is 0 Å². The first-order valence-corrected chi connectivity index (χ1v) is 38.1. The van der Waals surface area contributed by atoms with Crippen LogP contribution in [0.4, 0.5) is 16.3 Å². The van der Waals surface area contributed by atoms with E-state index in [9.17, 15) is 60.9 Å². The zero-order valence-corrected chi connectivity index (χ0v) is 62.8. The number of rotatable bonds is 46. The van der Waals surface area contributed by atoms with Crippen LogP contribution in [0.15, 0.2) is 107 Å². The van der Waals surface area contributed by atoms with Gasteiger partial charge >= 0.3 is 6.09 Å². The minimum Gasteiger partial charge on any atom is -0.444 e. The number of nitrogens with two attached hydrogens (primary N) is 1. The minimum absolute atomic E-state index is 0.0142. The second-order valence-corrected chi connectivity index (χ2v) is 29.1. The summed E-state index contributed by atoms with van der Waals surface area (Å²) in [5.41, 5.74) is 10.5. The van der Waals surface area contributed by atoms with Gasteiger partial charge in [0.2, 0.25) is 47.3 Å². The van der Waals surface area contributed by atoms with Crippen molar-refractivity contribution in [3.05, 3.63) is 119 Å². The number of nitrogens with zero attached hydrogens (tertiary/aromatic N) is 4. The Morgan fingerprint density at radius 1 is 0.689 bits per heavy atom. The highest BCUT2D eigenvalue weighted by molar-refractivity contribution is 7.86. The van der Waals surface area contributed by atoms with Crippen LogP contribution in [0, 0.1) is 11.3 Å². The molecule has 4 atom stereocenters. The number of ether oxygens (including phenoxy) is 1. The lowest BCUT2D eigenvalue weighted by atomic mass is 10.0. The average molecular weight is 1490 g/mol. The van der Waals surface area contributed by atoms with Crippen LogP contribution in [0.5, 0.6) is 0 Å². The van der Waals surface area contributed by atoms with Crippen LogP contribution in [-0.2, 0) is 66.1 Å². The number of carbonyl (C=O) groups is 10. The number of hydrogen-bond donors (Lipinski definition) is 13. The van der Waals surface area contributed by atoms with Gasteiger partial charge in [-0.25, -0.2) is 9.78 Å². The first-order chi connectivity index (χ1) is 50.5. The van der Waals surface area contributed by atoms with Gasteiger partial charge in [-0.15, -0.1) is 0 Å². The number of nitrogens with one attached hydrogen (secondary N) is 11. The number of amides is 10. The fourth-order valence-electron chi connectivity index (χ4n) is 11.7. The van der Waals surface area contributed by atoms with E-state index in [4.69, 9.17) is 15.9 Å². The molecular formula is C75H110N16O14S. The summed E-state index contributed by atoms with van der Waals surface area (Å²) in [4.78, 5) is 140. The number of guanidine groups is 1. The number of benzene rings is 3. The van der Waals surface area contributed by atoms with Crippen LogP contribution in [0.25, 0.3) is 0 Å². The van der Waals surface area contributed by atoms with E-state index in [0.717, 1.165) is 68.9 Å². The van der Waals surface area contributed by atoms with Crippen molar-refractivity contribution < 1.29 is 65.7 Å². The smallest absolute Gasteiger partial charge is 0.407 e. The zero-order valence-electron chi connectivity index (χ0n) is 62.0. The lowest BCUT2D eigenvalue weighted by Gasteiger charge is -2.29. The molecule has 4 aromatic rings. The Labute approximate surface area is 622 Å². The van der Waals surface area contributed by atoms with Crippen LogP contribution < -0.4 is 59.0 Å². The molecule has 106 heavy (non-hydrogen) atoms. The lowest BCUT2D eigenvalue weighted by Crippen LogP contribution is -2.56. The van der Waals surface area contributed by atoms with E-state index >= 15 is 0 Å². The quantitative estimate of drug-likeness (QED) is 0.00752. The summed E-state index contributed by atoms with van der Waals surface area (Å²) < 4.78 is 37.9. The van der Waals surface area contributed by atoms with Gasteiger partial charge in [0.15, 0.2) is 5.96 Å². The summed E-state index contributed by atoms with van der Waals surface area (Å²) in [6, 6.07) is 21.6. The van der Waals surface area contributed by atoms with Gasteiger partial charge in [0, 0.05) is 70.1 Å². The molecule has 0 radical (unpaired) electrons. The molecule has 1 fully saturated rings. The molecule has 30 nitrogen and oxygen atoms in total.